The molecule has 60 heavy (non-hydrogen) atoms. The molecule has 0 radical (unpaired) electrons. The van der Waals surface area contributed by atoms with Gasteiger partial charge in [0, 0.05) is 33.2 Å². The second-order valence-electron chi connectivity index (χ2n) is 15.3. The zero-order valence-corrected chi connectivity index (χ0v) is 33.0. The zero-order chi connectivity index (χ0) is 39.8. The Morgan fingerprint density at radius 3 is 1.47 bits per heavy atom. The van der Waals surface area contributed by atoms with Crippen molar-refractivity contribution in [1.29, 1.82) is 0 Å². The van der Waals surface area contributed by atoms with E-state index in [-0.39, 0.29) is 0 Å². The number of anilines is 3. The molecule has 0 atom stereocenters. The standard InChI is InChI=1S/C58H40N2/c1-3-15-41(16-4-1)43-31-35-49(36-32-43)59(50-37-33-44(34-38-50)42-17-5-2-6-18-42)51-24-12-22-47(40-51)46-21-11-23-48(39-46)53-27-14-30-57-58(53)54-26-9-10-28-56(54)60(57)55-29-13-20-45-19-7-8-25-52(45)55/h1-40H. The fourth-order valence-electron chi connectivity index (χ4n) is 8.93. The summed E-state index contributed by atoms with van der Waals surface area (Å²) in [5.74, 6) is 0. The van der Waals surface area contributed by atoms with E-state index in [0.29, 0.717) is 0 Å². The van der Waals surface area contributed by atoms with Gasteiger partial charge in [-0.1, -0.05) is 182 Å². The number of rotatable bonds is 8. The van der Waals surface area contributed by atoms with Crippen LogP contribution in [0.15, 0.2) is 243 Å². The second-order valence-corrected chi connectivity index (χ2v) is 15.3. The minimum Gasteiger partial charge on any atom is -0.310 e. The molecule has 282 valence electrons. The van der Waals surface area contributed by atoms with Gasteiger partial charge in [-0.2, -0.15) is 0 Å². The summed E-state index contributed by atoms with van der Waals surface area (Å²) in [4.78, 5) is 2.36. The molecule has 0 unspecified atom stereocenters. The summed E-state index contributed by atoms with van der Waals surface area (Å²) in [6.45, 7) is 0. The molecule has 11 aromatic rings. The van der Waals surface area contributed by atoms with Crippen molar-refractivity contribution in [2.45, 2.75) is 0 Å². The first kappa shape index (κ1) is 35.2. The van der Waals surface area contributed by atoms with Crippen LogP contribution in [0.5, 0.6) is 0 Å². The van der Waals surface area contributed by atoms with Gasteiger partial charge in [-0.15, -0.1) is 0 Å². The van der Waals surface area contributed by atoms with Gasteiger partial charge in [-0.25, -0.2) is 0 Å². The van der Waals surface area contributed by atoms with E-state index in [1.807, 2.05) is 0 Å². The molecule has 0 saturated heterocycles. The molecule has 2 heteroatoms. The average Bonchev–Trinajstić information content (AvgIpc) is 3.67. The van der Waals surface area contributed by atoms with Crippen LogP contribution in [-0.2, 0) is 0 Å². The summed E-state index contributed by atoms with van der Waals surface area (Å²) in [6.07, 6.45) is 0. The third-order valence-corrected chi connectivity index (χ3v) is 11.8. The SMILES string of the molecule is c1ccc(-c2ccc(N(c3ccc(-c4ccccc4)cc3)c3cccc(-c4cccc(-c5cccc6c5c5ccccc5n6-c5cccc6ccccc56)c4)c3)cc2)cc1. The van der Waals surface area contributed by atoms with Gasteiger partial charge in [0.2, 0.25) is 0 Å². The molecule has 11 rings (SSSR count). The van der Waals surface area contributed by atoms with Gasteiger partial charge in [-0.3, -0.25) is 0 Å². The molecule has 1 aromatic heterocycles. The van der Waals surface area contributed by atoms with Crippen molar-refractivity contribution in [1.82, 2.24) is 4.57 Å². The first-order valence-electron chi connectivity index (χ1n) is 20.6. The van der Waals surface area contributed by atoms with Crippen molar-refractivity contribution < 1.29 is 0 Å². The van der Waals surface area contributed by atoms with E-state index >= 15 is 0 Å². The Hall–Kier alpha value is -7.94. The van der Waals surface area contributed by atoms with Gasteiger partial charge in [-0.05, 0) is 111 Å². The number of benzene rings is 10. The van der Waals surface area contributed by atoms with E-state index in [4.69, 9.17) is 0 Å². The minimum absolute atomic E-state index is 1.10. The van der Waals surface area contributed by atoms with Crippen LogP contribution in [0.25, 0.3) is 82.8 Å². The van der Waals surface area contributed by atoms with Crippen LogP contribution in [0.1, 0.15) is 0 Å². The average molecular weight is 765 g/mol. The smallest absolute Gasteiger partial charge is 0.0547 e. The van der Waals surface area contributed by atoms with Crippen molar-refractivity contribution >= 4 is 49.6 Å². The lowest BCUT2D eigenvalue weighted by Gasteiger charge is -2.26. The maximum atomic E-state index is 2.44. The van der Waals surface area contributed by atoms with E-state index < -0.39 is 0 Å². The summed E-state index contributed by atoms with van der Waals surface area (Å²) >= 11 is 0. The monoisotopic (exact) mass is 764 g/mol. The summed E-state index contributed by atoms with van der Waals surface area (Å²) in [6, 6.07) is 87.8. The van der Waals surface area contributed by atoms with E-state index in [0.717, 1.165) is 22.6 Å². The number of para-hydroxylation sites is 1. The summed E-state index contributed by atoms with van der Waals surface area (Å²) in [7, 11) is 0. The van der Waals surface area contributed by atoms with Gasteiger partial charge in [0.25, 0.3) is 0 Å². The molecule has 0 aliphatic rings. The van der Waals surface area contributed by atoms with Crippen LogP contribution >= 0.6 is 0 Å². The van der Waals surface area contributed by atoms with Crippen LogP contribution in [0.3, 0.4) is 0 Å². The third kappa shape index (κ3) is 6.32. The summed E-state index contributed by atoms with van der Waals surface area (Å²) < 4.78 is 2.44. The van der Waals surface area contributed by atoms with Crippen molar-refractivity contribution in [3.63, 3.8) is 0 Å². The molecule has 0 spiro atoms. The molecule has 0 saturated carbocycles. The van der Waals surface area contributed by atoms with Gasteiger partial charge in [0.15, 0.2) is 0 Å². The molecule has 0 aliphatic heterocycles. The minimum atomic E-state index is 1.10. The lowest BCUT2D eigenvalue weighted by molar-refractivity contribution is 1.20. The summed E-state index contributed by atoms with van der Waals surface area (Å²) in [5, 5.41) is 4.98. The highest BCUT2D eigenvalue weighted by atomic mass is 15.1. The van der Waals surface area contributed by atoms with Gasteiger partial charge >= 0.3 is 0 Å². The van der Waals surface area contributed by atoms with E-state index in [1.165, 1.54) is 77.2 Å². The second kappa shape index (κ2) is 15.1. The molecule has 0 bridgehead atoms. The fraction of sp³-hybridized carbons (Fsp3) is 0. The Balaban J connectivity index is 1.01. The highest BCUT2D eigenvalue weighted by Gasteiger charge is 2.19. The molecule has 2 nitrogen and oxygen atoms in total. The molecular formula is C58H40N2. The van der Waals surface area contributed by atoms with Crippen LogP contribution in [0.2, 0.25) is 0 Å². The maximum absolute atomic E-state index is 2.44. The molecule has 1 heterocycles. The largest absolute Gasteiger partial charge is 0.310 e. The third-order valence-electron chi connectivity index (χ3n) is 11.8. The van der Waals surface area contributed by atoms with Crippen molar-refractivity contribution in [3.05, 3.63) is 243 Å². The number of hydrogen-bond donors (Lipinski definition) is 0. The first-order chi connectivity index (χ1) is 29.8. The molecular weight excluding hydrogens is 725 g/mol. The zero-order valence-electron chi connectivity index (χ0n) is 33.0. The van der Waals surface area contributed by atoms with Crippen LogP contribution in [-0.4, -0.2) is 4.57 Å². The van der Waals surface area contributed by atoms with E-state index in [9.17, 15) is 0 Å². The topological polar surface area (TPSA) is 8.17 Å². The van der Waals surface area contributed by atoms with Crippen molar-refractivity contribution in [2.75, 3.05) is 4.90 Å². The Bertz CT molecular complexity index is 3200. The van der Waals surface area contributed by atoms with Gasteiger partial charge in [0.1, 0.15) is 0 Å². The van der Waals surface area contributed by atoms with Gasteiger partial charge in [0.05, 0.1) is 16.7 Å². The van der Waals surface area contributed by atoms with Gasteiger partial charge < -0.3 is 9.47 Å². The number of aromatic nitrogens is 1. The molecule has 0 fully saturated rings. The highest BCUT2D eigenvalue weighted by Crippen LogP contribution is 2.42. The van der Waals surface area contributed by atoms with E-state index in [1.54, 1.807) is 0 Å². The van der Waals surface area contributed by atoms with Crippen molar-refractivity contribution in [3.8, 4) is 50.2 Å². The Morgan fingerprint density at radius 1 is 0.283 bits per heavy atom. The Kier molecular flexibility index (Phi) is 8.87. The molecule has 0 N–H and O–H groups in total. The maximum Gasteiger partial charge on any atom is 0.0547 e. The van der Waals surface area contributed by atoms with Crippen molar-refractivity contribution in [2.24, 2.45) is 0 Å². The molecule has 0 aliphatic carbocycles. The Labute approximate surface area is 350 Å². The predicted molar refractivity (Wildman–Crippen MR) is 255 cm³/mol. The number of hydrogen-bond acceptors (Lipinski definition) is 1. The number of nitrogens with zero attached hydrogens (tertiary/aromatic N) is 2. The highest BCUT2D eigenvalue weighted by molar-refractivity contribution is 6.16. The van der Waals surface area contributed by atoms with Crippen LogP contribution in [0.4, 0.5) is 17.1 Å². The molecule has 10 aromatic carbocycles. The fourth-order valence-corrected chi connectivity index (χ4v) is 8.93. The van der Waals surface area contributed by atoms with E-state index in [2.05, 4.69) is 252 Å². The Morgan fingerprint density at radius 2 is 0.767 bits per heavy atom. The van der Waals surface area contributed by atoms with Crippen LogP contribution < -0.4 is 4.90 Å². The lowest BCUT2D eigenvalue weighted by atomic mass is 9.95. The lowest BCUT2D eigenvalue weighted by Crippen LogP contribution is -2.10. The quantitative estimate of drug-likeness (QED) is 0.150. The predicted octanol–water partition coefficient (Wildman–Crippen LogP) is 16.1. The van der Waals surface area contributed by atoms with Crippen LogP contribution in [0, 0.1) is 0 Å². The number of fused-ring (bicyclic) bond motifs is 4. The molecule has 0 amide bonds. The summed E-state index contributed by atoms with van der Waals surface area (Å²) in [5.41, 5.74) is 16.4. The first-order valence-corrected chi connectivity index (χ1v) is 20.6. The normalized spacial score (nSPS) is 11.3.